The summed E-state index contributed by atoms with van der Waals surface area (Å²) >= 11 is 0. The number of hydrogen-bond donors (Lipinski definition) is 0. The van der Waals surface area contributed by atoms with Gasteiger partial charge in [-0.1, -0.05) is 6.07 Å². The van der Waals surface area contributed by atoms with Crippen molar-refractivity contribution in [3.8, 4) is 6.07 Å². The third-order valence-corrected chi connectivity index (χ3v) is 2.50. The average Bonchev–Trinajstić information content (AvgIpc) is 2.37. The summed E-state index contributed by atoms with van der Waals surface area (Å²) < 4.78 is 0. The molecule has 0 unspecified atom stereocenters. The predicted octanol–water partition coefficient (Wildman–Crippen LogP) is 1.83. The van der Waals surface area contributed by atoms with Gasteiger partial charge in [-0.25, -0.2) is 0 Å². The summed E-state index contributed by atoms with van der Waals surface area (Å²) in [5.41, 5.74) is 1.43. The van der Waals surface area contributed by atoms with Crippen LogP contribution in [0.2, 0.25) is 0 Å². The second-order valence-electron chi connectivity index (χ2n) is 3.73. The number of hydrogen-bond acceptors (Lipinski definition) is 3. The number of carbonyl (C=O) groups excluding carboxylic acids is 1. The minimum Gasteiger partial charge on any atom is -0.328 e. The summed E-state index contributed by atoms with van der Waals surface area (Å²) in [5, 5.41) is 9.47. The van der Waals surface area contributed by atoms with Crippen molar-refractivity contribution >= 4 is 16.8 Å². The van der Waals surface area contributed by atoms with Crippen molar-refractivity contribution in [1.82, 2.24) is 9.88 Å². The molecule has 0 saturated heterocycles. The van der Waals surface area contributed by atoms with Gasteiger partial charge in [0.05, 0.1) is 11.6 Å². The molecular weight excluding hydrogens is 214 g/mol. The van der Waals surface area contributed by atoms with Gasteiger partial charge in [0.25, 0.3) is 5.91 Å². The van der Waals surface area contributed by atoms with Crippen LogP contribution in [0.25, 0.3) is 10.9 Å². The second kappa shape index (κ2) is 4.62. The van der Waals surface area contributed by atoms with Crippen LogP contribution in [-0.2, 0) is 0 Å². The monoisotopic (exact) mass is 225 g/mol. The standard InChI is InChI=1S/C13H11N3O/c1-16(8-6-14)13(17)11-4-5-12-10(9-11)3-2-7-15-12/h2-5,7,9H,8H2,1H3. The van der Waals surface area contributed by atoms with Crippen LogP contribution < -0.4 is 0 Å². The first-order valence-electron chi connectivity index (χ1n) is 5.19. The molecular formula is C13H11N3O. The molecule has 0 saturated carbocycles. The van der Waals surface area contributed by atoms with Crippen LogP contribution in [-0.4, -0.2) is 29.4 Å². The summed E-state index contributed by atoms with van der Waals surface area (Å²) in [7, 11) is 1.61. The van der Waals surface area contributed by atoms with Gasteiger partial charge in [0.1, 0.15) is 6.54 Å². The van der Waals surface area contributed by atoms with Crippen LogP contribution >= 0.6 is 0 Å². The third-order valence-electron chi connectivity index (χ3n) is 2.50. The minimum atomic E-state index is -0.155. The molecule has 1 amide bonds. The van der Waals surface area contributed by atoms with E-state index < -0.39 is 0 Å². The second-order valence-corrected chi connectivity index (χ2v) is 3.73. The quantitative estimate of drug-likeness (QED) is 0.732. The summed E-state index contributed by atoms with van der Waals surface area (Å²) in [6, 6.07) is 11.0. The van der Waals surface area contributed by atoms with Gasteiger partial charge < -0.3 is 4.90 Å². The average molecular weight is 225 g/mol. The fourth-order valence-electron chi connectivity index (χ4n) is 1.61. The number of nitriles is 1. The van der Waals surface area contributed by atoms with Crippen molar-refractivity contribution in [1.29, 1.82) is 5.26 Å². The van der Waals surface area contributed by atoms with Crippen molar-refractivity contribution < 1.29 is 4.79 Å². The lowest BCUT2D eigenvalue weighted by molar-refractivity contribution is 0.0812. The Kier molecular flexibility index (Phi) is 3.01. The Morgan fingerprint density at radius 2 is 2.29 bits per heavy atom. The van der Waals surface area contributed by atoms with Crippen LogP contribution in [0.1, 0.15) is 10.4 Å². The zero-order valence-electron chi connectivity index (χ0n) is 9.42. The minimum absolute atomic E-state index is 0.0872. The molecule has 1 aromatic heterocycles. The lowest BCUT2D eigenvalue weighted by Gasteiger charge is -2.13. The molecule has 84 valence electrons. The Morgan fingerprint density at radius 1 is 1.47 bits per heavy atom. The maximum atomic E-state index is 11.9. The Morgan fingerprint density at radius 3 is 3.06 bits per heavy atom. The molecule has 17 heavy (non-hydrogen) atoms. The van der Waals surface area contributed by atoms with Crippen LogP contribution in [0.4, 0.5) is 0 Å². The molecule has 0 aliphatic heterocycles. The van der Waals surface area contributed by atoms with E-state index in [4.69, 9.17) is 5.26 Å². The van der Waals surface area contributed by atoms with E-state index in [2.05, 4.69) is 4.98 Å². The molecule has 0 spiro atoms. The molecule has 0 atom stereocenters. The Labute approximate surface area is 99.1 Å². The van der Waals surface area contributed by atoms with Crippen molar-refractivity contribution in [3.05, 3.63) is 42.1 Å². The van der Waals surface area contributed by atoms with Gasteiger partial charge in [0.2, 0.25) is 0 Å². The van der Waals surface area contributed by atoms with Gasteiger partial charge >= 0.3 is 0 Å². The number of rotatable bonds is 2. The topological polar surface area (TPSA) is 57.0 Å². The van der Waals surface area contributed by atoms with E-state index in [0.717, 1.165) is 10.9 Å². The van der Waals surface area contributed by atoms with Crippen LogP contribution in [0.15, 0.2) is 36.5 Å². The molecule has 0 aliphatic carbocycles. The number of aromatic nitrogens is 1. The third kappa shape index (κ3) is 2.23. The lowest BCUT2D eigenvalue weighted by atomic mass is 10.1. The highest BCUT2D eigenvalue weighted by Crippen LogP contribution is 2.14. The molecule has 0 aliphatic rings. The SMILES string of the molecule is CN(CC#N)C(=O)c1ccc2ncccc2c1. The molecule has 0 N–H and O–H groups in total. The fraction of sp³-hybridized carbons (Fsp3) is 0.154. The number of pyridine rings is 1. The molecule has 4 nitrogen and oxygen atoms in total. The van der Waals surface area contributed by atoms with Gasteiger partial charge in [0, 0.05) is 24.2 Å². The number of fused-ring (bicyclic) bond motifs is 1. The van der Waals surface area contributed by atoms with Gasteiger partial charge in [0.15, 0.2) is 0 Å². The van der Waals surface area contributed by atoms with Crippen molar-refractivity contribution in [3.63, 3.8) is 0 Å². The molecule has 0 radical (unpaired) electrons. The summed E-state index contributed by atoms with van der Waals surface area (Å²) in [6.45, 7) is 0.0872. The smallest absolute Gasteiger partial charge is 0.254 e. The summed E-state index contributed by atoms with van der Waals surface area (Å²) in [6.07, 6.45) is 1.71. The largest absolute Gasteiger partial charge is 0.328 e. The maximum Gasteiger partial charge on any atom is 0.254 e. The van der Waals surface area contributed by atoms with E-state index in [9.17, 15) is 4.79 Å². The molecule has 0 fully saturated rings. The normalized spacial score (nSPS) is 9.88. The highest BCUT2D eigenvalue weighted by atomic mass is 16.2. The van der Waals surface area contributed by atoms with Crippen LogP contribution in [0.3, 0.4) is 0 Å². The van der Waals surface area contributed by atoms with Gasteiger partial charge in [-0.3, -0.25) is 9.78 Å². The first-order valence-corrected chi connectivity index (χ1v) is 5.19. The predicted molar refractivity (Wildman–Crippen MR) is 64.3 cm³/mol. The zero-order chi connectivity index (χ0) is 12.3. The Bertz CT molecular complexity index is 601. The van der Waals surface area contributed by atoms with E-state index in [1.807, 2.05) is 24.3 Å². The molecule has 1 heterocycles. The highest BCUT2D eigenvalue weighted by Gasteiger charge is 2.11. The van der Waals surface area contributed by atoms with Gasteiger partial charge in [-0.2, -0.15) is 5.26 Å². The molecule has 2 aromatic rings. The first-order chi connectivity index (χ1) is 8.22. The zero-order valence-corrected chi connectivity index (χ0v) is 9.42. The Hall–Kier alpha value is -2.41. The number of nitrogens with zero attached hydrogens (tertiary/aromatic N) is 3. The molecule has 2 rings (SSSR count). The van der Waals surface area contributed by atoms with E-state index in [1.165, 1.54) is 4.90 Å². The van der Waals surface area contributed by atoms with E-state index in [0.29, 0.717) is 5.56 Å². The lowest BCUT2D eigenvalue weighted by Crippen LogP contribution is -2.26. The van der Waals surface area contributed by atoms with Crippen LogP contribution in [0, 0.1) is 11.3 Å². The van der Waals surface area contributed by atoms with Crippen molar-refractivity contribution in [2.45, 2.75) is 0 Å². The number of amides is 1. The van der Waals surface area contributed by atoms with Gasteiger partial charge in [-0.05, 0) is 24.3 Å². The molecule has 0 bridgehead atoms. The highest BCUT2D eigenvalue weighted by molar-refractivity contribution is 5.97. The van der Waals surface area contributed by atoms with Gasteiger partial charge in [-0.15, -0.1) is 0 Å². The van der Waals surface area contributed by atoms with Crippen molar-refractivity contribution in [2.24, 2.45) is 0 Å². The van der Waals surface area contributed by atoms with E-state index in [-0.39, 0.29) is 12.5 Å². The fourth-order valence-corrected chi connectivity index (χ4v) is 1.61. The maximum absolute atomic E-state index is 11.9. The summed E-state index contributed by atoms with van der Waals surface area (Å²) in [4.78, 5) is 17.5. The Balaban J connectivity index is 2.37. The van der Waals surface area contributed by atoms with E-state index >= 15 is 0 Å². The molecule has 4 heteroatoms. The van der Waals surface area contributed by atoms with E-state index in [1.54, 1.807) is 25.4 Å². The van der Waals surface area contributed by atoms with Crippen molar-refractivity contribution in [2.75, 3.05) is 13.6 Å². The molecule has 1 aromatic carbocycles. The first kappa shape index (κ1) is 11.1. The number of benzene rings is 1. The van der Waals surface area contributed by atoms with Crippen LogP contribution in [0.5, 0.6) is 0 Å². The number of carbonyl (C=O) groups is 1. The summed E-state index contributed by atoms with van der Waals surface area (Å²) in [5.74, 6) is -0.155.